The summed E-state index contributed by atoms with van der Waals surface area (Å²) in [4.78, 5) is 25.2. The first-order valence-corrected chi connectivity index (χ1v) is 10.5. The number of amides is 1. The summed E-state index contributed by atoms with van der Waals surface area (Å²) in [5, 5.41) is 17.4. The molecule has 0 aromatic heterocycles. The van der Waals surface area contributed by atoms with Crippen molar-refractivity contribution in [3.8, 4) is 0 Å². The monoisotopic (exact) mass is 411 g/mol. The van der Waals surface area contributed by atoms with E-state index in [2.05, 4.69) is 5.32 Å². The fourth-order valence-corrected chi connectivity index (χ4v) is 4.25. The minimum atomic E-state index is -1.46. The van der Waals surface area contributed by atoms with Gasteiger partial charge in [-0.05, 0) is 32.7 Å². The Kier molecular flexibility index (Phi) is 5.72. The topological polar surface area (TPSA) is 66.4 Å². The van der Waals surface area contributed by atoms with Crippen LogP contribution in [0.3, 0.4) is 0 Å². The highest BCUT2D eigenvalue weighted by atomic mass is 16.4. The second-order valence-corrected chi connectivity index (χ2v) is 7.92. The van der Waals surface area contributed by atoms with Gasteiger partial charge in [0, 0.05) is 19.3 Å². The van der Waals surface area contributed by atoms with E-state index < -0.39 is 11.5 Å². The molecular formula is C27H25NO3. The smallest absolute Gasteiger partial charge is 0.330 e. The molecule has 0 spiro atoms. The summed E-state index contributed by atoms with van der Waals surface area (Å²) in [6, 6.07) is 27.6. The van der Waals surface area contributed by atoms with Gasteiger partial charge in [0.05, 0.1) is 0 Å². The molecule has 4 nitrogen and oxygen atoms in total. The molecule has 0 aliphatic heterocycles. The molecule has 0 bridgehead atoms. The number of benzene rings is 4. The van der Waals surface area contributed by atoms with Gasteiger partial charge in [-0.25, -0.2) is 4.79 Å². The van der Waals surface area contributed by atoms with E-state index >= 15 is 0 Å². The Bertz CT molecular complexity index is 1170. The summed E-state index contributed by atoms with van der Waals surface area (Å²) in [6.07, 6.45) is 0.609. The molecule has 2 N–H and O–H groups in total. The molecule has 0 saturated carbocycles. The third kappa shape index (κ3) is 4.15. The van der Waals surface area contributed by atoms with E-state index in [1.54, 1.807) is 6.92 Å². The molecule has 0 heterocycles. The lowest BCUT2D eigenvalue weighted by molar-refractivity contribution is -0.147. The lowest BCUT2D eigenvalue weighted by Gasteiger charge is -2.32. The van der Waals surface area contributed by atoms with Crippen LogP contribution >= 0.6 is 0 Å². The van der Waals surface area contributed by atoms with Gasteiger partial charge >= 0.3 is 5.97 Å². The quantitative estimate of drug-likeness (QED) is 0.443. The van der Waals surface area contributed by atoms with E-state index in [4.69, 9.17) is 0 Å². The number of hydrogen-bond donors (Lipinski definition) is 2. The summed E-state index contributed by atoms with van der Waals surface area (Å²) in [7, 11) is 0. The van der Waals surface area contributed by atoms with Gasteiger partial charge < -0.3 is 10.4 Å². The van der Waals surface area contributed by atoms with Crippen molar-refractivity contribution in [1.82, 2.24) is 5.32 Å². The minimum absolute atomic E-state index is 0.193. The number of fused-ring (bicyclic) bond motifs is 2. The maximum atomic E-state index is 12.7. The van der Waals surface area contributed by atoms with Crippen molar-refractivity contribution in [2.45, 2.75) is 31.7 Å². The van der Waals surface area contributed by atoms with E-state index in [0.29, 0.717) is 0 Å². The number of hydrogen-bond acceptors (Lipinski definition) is 2. The molecule has 0 atom stereocenters. The van der Waals surface area contributed by atoms with E-state index in [-0.39, 0.29) is 25.2 Å². The van der Waals surface area contributed by atoms with Crippen LogP contribution < -0.4 is 5.32 Å². The molecule has 0 aliphatic carbocycles. The van der Waals surface area contributed by atoms with E-state index in [1.165, 1.54) is 0 Å². The zero-order valence-electron chi connectivity index (χ0n) is 17.5. The normalized spacial score (nSPS) is 11.5. The highest BCUT2D eigenvalue weighted by Gasteiger charge is 2.41. The molecule has 0 unspecified atom stereocenters. The van der Waals surface area contributed by atoms with Crippen molar-refractivity contribution in [3.63, 3.8) is 0 Å². The third-order valence-corrected chi connectivity index (χ3v) is 5.85. The van der Waals surface area contributed by atoms with Gasteiger partial charge in [-0.2, -0.15) is 0 Å². The SMILES string of the molecule is CCC(=O)NC(Cc1cccc2ccccc12)(Cc1cccc2ccccc12)C(=O)O. The van der Waals surface area contributed by atoms with Crippen LogP contribution in [-0.2, 0) is 22.4 Å². The molecular weight excluding hydrogens is 386 g/mol. The molecule has 1 amide bonds. The third-order valence-electron chi connectivity index (χ3n) is 5.85. The summed E-state index contributed by atoms with van der Waals surface area (Å²) < 4.78 is 0. The standard InChI is InChI=1S/C27H25NO3/c1-2-25(29)28-27(26(30)31,17-21-13-7-11-19-9-3-5-15-23(19)21)18-22-14-8-12-20-10-4-6-16-24(20)22/h3-16H,2,17-18H2,1H3,(H,28,29)(H,30,31). The molecule has 4 heteroatoms. The van der Waals surface area contributed by atoms with E-state index in [9.17, 15) is 14.7 Å². The van der Waals surface area contributed by atoms with E-state index in [1.807, 2.05) is 84.9 Å². The lowest BCUT2D eigenvalue weighted by atomic mass is 9.82. The fraction of sp³-hybridized carbons (Fsp3) is 0.185. The van der Waals surface area contributed by atoms with Gasteiger partial charge in [-0.1, -0.05) is 91.9 Å². The second kappa shape index (κ2) is 8.60. The van der Waals surface area contributed by atoms with Gasteiger partial charge in [-0.3, -0.25) is 4.79 Å². The van der Waals surface area contributed by atoms with Crippen LogP contribution in [0.4, 0.5) is 0 Å². The number of aliphatic carboxylic acids is 1. The van der Waals surface area contributed by atoms with Gasteiger partial charge in [-0.15, -0.1) is 0 Å². The van der Waals surface area contributed by atoms with Crippen LogP contribution in [0.5, 0.6) is 0 Å². The molecule has 0 fully saturated rings. The zero-order chi connectivity index (χ0) is 21.8. The molecule has 4 aromatic rings. The van der Waals surface area contributed by atoms with Gasteiger partial charge in [0.25, 0.3) is 0 Å². The molecule has 0 radical (unpaired) electrons. The lowest BCUT2D eigenvalue weighted by Crippen LogP contribution is -2.57. The predicted octanol–water partition coefficient (Wildman–Crippen LogP) is 5.13. The maximum absolute atomic E-state index is 12.7. The number of carbonyl (C=O) groups excluding carboxylic acids is 1. The largest absolute Gasteiger partial charge is 0.479 e. The Morgan fingerprint density at radius 1 is 0.742 bits per heavy atom. The zero-order valence-corrected chi connectivity index (χ0v) is 17.5. The van der Waals surface area contributed by atoms with Crippen LogP contribution in [0.1, 0.15) is 24.5 Å². The Labute approximate surface area is 181 Å². The van der Waals surface area contributed by atoms with Crippen molar-refractivity contribution in [1.29, 1.82) is 0 Å². The van der Waals surface area contributed by atoms with Crippen molar-refractivity contribution >= 4 is 33.4 Å². The predicted molar refractivity (Wildman–Crippen MR) is 124 cm³/mol. The maximum Gasteiger partial charge on any atom is 0.330 e. The first kappa shape index (κ1) is 20.6. The van der Waals surface area contributed by atoms with Crippen molar-refractivity contribution in [2.75, 3.05) is 0 Å². The summed E-state index contributed by atoms with van der Waals surface area (Å²) in [5.74, 6) is -1.31. The summed E-state index contributed by atoms with van der Waals surface area (Å²) in [6.45, 7) is 1.73. The van der Waals surface area contributed by atoms with Crippen LogP contribution in [0.25, 0.3) is 21.5 Å². The van der Waals surface area contributed by atoms with E-state index in [0.717, 1.165) is 32.7 Å². The molecule has 31 heavy (non-hydrogen) atoms. The number of rotatable bonds is 7. The van der Waals surface area contributed by atoms with Crippen molar-refractivity contribution < 1.29 is 14.7 Å². The first-order valence-electron chi connectivity index (χ1n) is 10.5. The Morgan fingerprint density at radius 2 is 1.19 bits per heavy atom. The Hall–Kier alpha value is -3.66. The number of carbonyl (C=O) groups is 2. The van der Waals surface area contributed by atoms with Crippen LogP contribution in [-0.4, -0.2) is 22.5 Å². The fourth-order valence-electron chi connectivity index (χ4n) is 4.25. The highest BCUT2D eigenvalue weighted by molar-refractivity contribution is 5.92. The Morgan fingerprint density at radius 3 is 1.65 bits per heavy atom. The summed E-state index contributed by atoms with van der Waals surface area (Å²) in [5.41, 5.74) is 0.343. The van der Waals surface area contributed by atoms with Crippen LogP contribution in [0.2, 0.25) is 0 Å². The first-order chi connectivity index (χ1) is 15.0. The molecule has 0 saturated heterocycles. The van der Waals surface area contributed by atoms with Crippen molar-refractivity contribution in [3.05, 3.63) is 96.1 Å². The van der Waals surface area contributed by atoms with Gasteiger partial charge in [0.15, 0.2) is 0 Å². The number of carboxylic acids is 1. The molecule has 0 aliphatic rings. The minimum Gasteiger partial charge on any atom is -0.479 e. The summed E-state index contributed by atoms with van der Waals surface area (Å²) >= 11 is 0. The van der Waals surface area contributed by atoms with Crippen LogP contribution in [0, 0.1) is 0 Å². The molecule has 4 rings (SSSR count). The van der Waals surface area contributed by atoms with Gasteiger partial charge in [0.1, 0.15) is 5.54 Å². The average Bonchev–Trinajstić information content (AvgIpc) is 2.79. The van der Waals surface area contributed by atoms with Gasteiger partial charge in [0.2, 0.25) is 5.91 Å². The average molecular weight is 412 g/mol. The number of nitrogens with one attached hydrogen (secondary N) is 1. The molecule has 4 aromatic carbocycles. The highest BCUT2D eigenvalue weighted by Crippen LogP contribution is 2.29. The van der Waals surface area contributed by atoms with Crippen LogP contribution in [0.15, 0.2) is 84.9 Å². The van der Waals surface area contributed by atoms with Crippen molar-refractivity contribution in [2.24, 2.45) is 0 Å². The number of carboxylic acid groups (broad SMARTS) is 1. The Balaban J connectivity index is 1.84. The second-order valence-electron chi connectivity index (χ2n) is 7.92. The molecule has 156 valence electrons.